The van der Waals surface area contributed by atoms with Gasteiger partial charge in [0.1, 0.15) is 0 Å². The standard InChI is InChI=1S/C12H24N2O3/c1-3-6-16-7-4-5-14-11(15)12(2)9-17-8-10(12)13/h10H,3-9,13H2,1-2H3,(H,14,15). The van der Waals surface area contributed by atoms with Crippen molar-refractivity contribution in [1.29, 1.82) is 0 Å². The number of hydrogen-bond donors (Lipinski definition) is 2. The van der Waals surface area contributed by atoms with Gasteiger partial charge in [0, 0.05) is 25.8 Å². The van der Waals surface area contributed by atoms with Gasteiger partial charge in [0.25, 0.3) is 0 Å². The molecule has 5 heteroatoms. The molecule has 0 bridgehead atoms. The average Bonchev–Trinajstić information content (AvgIpc) is 2.65. The second kappa shape index (κ2) is 6.93. The summed E-state index contributed by atoms with van der Waals surface area (Å²) in [5.74, 6) is -0.0157. The molecule has 5 nitrogen and oxygen atoms in total. The molecule has 1 fully saturated rings. The molecular weight excluding hydrogens is 220 g/mol. The van der Waals surface area contributed by atoms with E-state index < -0.39 is 5.41 Å². The van der Waals surface area contributed by atoms with Gasteiger partial charge in [-0.2, -0.15) is 0 Å². The Morgan fingerprint density at radius 1 is 1.59 bits per heavy atom. The summed E-state index contributed by atoms with van der Waals surface area (Å²) in [6.45, 7) is 6.90. The highest BCUT2D eigenvalue weighted by Gasteiger charge is 2.44. The summed E-state index contributed by atoms with van der Waals surface area (Å²) < 4.78 is 10.6. The summed E-state index contributed by atoms with van der Waals surface area (Å²) in [5.41, 5.74) is 5.29. The molecule has 17 heavy (non-hydrogen) atoms. The molecule has 0 aromatic rings. The van der Waals surface area contributed by atoms with Crippen LogP contribution < -0.4 is 11.1 Å². The normalized spacial score (nSPS) is 28.3. The van der Waals surface area contributed by atoms with Gasteiger partial charge in [-0.05, 0) is 19.8 Å². The summed E-state index contributed by atoms with van der Waals surface area (Å²) in [7, 11) is 0. The van der Waals surface area contributed by atoms with Crippen molar-refractivity contribution in [3.8, 4) is 0 Å². The van der Waals surface area contributed by atoms with Crippen molar-refractivity contribution in [2.75, 3.05) is 33.0 Å². The lowest BCUT2D eigenvalue weighted by molar-refractivity contribution is -0.130. The quantitative estimate of drug-likeness (QED) is 0.631. The van der Waals surface area contributed by atoms with Crippen LogP contribution in [0.4, 0.5) is 0 Å². The highest BCUT2D eigenvalue weighted by atomic mass is 16.5. The Balaban J connectivity index is 2.16. The van der Waals surface area contributed by atoms with Crippen molar-refractivity contribution < 1.29 is 14.3 Å². The van der Waals surface area contributed by atoms with Crippen molar-refractivity contribution in [3.63, 3.8) is 0 Å². The lowest BCUT2D eigenvalue weighted by atomic mass is 9.85. The molecule has 100 valence electrons. The second-order valence-electron chi connectivity index (χ2n) is 4.76. The zero-order valence-electron chi connectivity index (χ0n) is 10.8. The van der Waals surface area contributed by atoms with Gasteiger partial charge in [-0.15, -0.1) is 0 Å². The number of amides is 1. The summed E-state index contributed by atoms with van der Waals surface area (Å²) in [6, 6.07) is -0.209. The highest BCUT2D eigenvalue weighted by Crippen LogP contribution is 2.26. The monoisotopic (exact) mass is 244 g/mol. The van der Waals surface area contributed by atoms with E-state index in [1.54, 1.807) is 0 Å². The fourth-order valence-corrected chi connectivity index (χ4v) is 1.75. The number of carbonyl (C=O) groups is 1. The fourth-order valence-electron chi connectivity index (χ4n) is 1.75. The van der Waals surface area contributed by atoms with Crippen LogP contribution in [0.5, 0.6) is 0 Å². The van der Waals surface area contributed by atoms with Gasteiger partial charge >= 0.3 is 0 Å². The van der Waals surface area contributed by atoms with E-state index >= 15 is 0 Å². The van der Waals surface area contributed by atoms with Crippen LogP contribution in [0.15, 0.2) is 0 Å². The van der Waals surface area contributed by atoms with E-state index in [2.05, 4.69) is 12.2 Å². The van der Waals surface area contributed by atoms with Gasteiger partial charge in [-0.1, -0.05) is 6.92 Å². The number of nitrogens with one attached hydrogen (secondary N) is 1. The van der Waals surface area contributed by atoms with Gasteiger partial charge in [-0.3, -0.25) is 4.79 Å². The van der Waals surface area contributed by atoms with Crippen LogP contribution in [-0.4, -0.2) is 44.9 Å². The Hall–Kier alpha value is -0.650. The number of hydrogen-bond acceptors (Lipinski definition) is 4. The molecule has 2 atom stereocenters. The first-order valence-electron chi connectivity index (χ1n) is 6.30. The summed E-state index contributed by atoms with van der Waals surface area (Å²) in [5, 5.41) is 2.89. The summed E-state index contributed by atoms with van der Waals surface area (Å²) >= 11 is 0. The van der Waals surface area contributed by atoms with Crippen LogP contribution in [-0.2, 0) is 14.3 Å². The van der Waals surface area contributed by atoms with Gasteiger partial charge in [-0.25, -0.2) is 0 Å². The van der Waals surface area contributed by atoms with Gasteiger partial charge < -0.3 is 20.5 Å². The third kappa shape index (κ3) is 3.94. The van der Waals surface area contributed by atoms with E-state index in [0.717, 1.165) is 19.4 Å². The van der Waals surface area contributed by atoms with E-state index in [9.17, 15) is 4.79 Å². The lowest BCUT2D eigenvalue weighted by Crippen LogP contribution is -2.50. The van der Waals surface area contributed by atoms with Crippen molar-refractivity contribution >= 4 is 5.91 Å². The topological polar surface area (TPSA) is 73.6 Å². The van der Waals surface area contributed by atoms with Crippen molar-refractivity contribution in [2.45, 2.75) is 32.7 Å². The number of carbonyl (C=O) groups excluding carboxylic acids is 1. The summed E-state index contributed by atoms with van der Waals surface area (Å²) in [4.78, 5) is 12.0. The first kappa shape index (κ1) is 14.4. The smallest absolute Gasteiger partial charge is 0.229 e. The Morgan fingerprint density at radius 3 is 2.94 bits per heavy atom. The molecule has 0 saturated carbocycles. The van der Waals surface area contributed by atoms with Crippen molar-refractivity contribution in [1.82, 2.24) is 5.32 Å². The van der Waals surface area contributed by atoms with Gasteiger partial charge in [0.05, 0.1) is 18.6 Å². The number of ether oxygens (including phenoxy) is 2. The number of nitrogens with two attached hydrogens (primary N) is 1. The largest absolute Gasteiger partial charge is 0.381 e. The molecule has 1 aliphatic rings. The highest BCUT2D eigenvalue weighted by molar-refractivity contribution is 5.83. The average molecular weight is 244 g/mol. The lowest BCUT2D eigenvalue weighted by Gasteiger charge is -2.25. The SMILES string of the molecule is CCCOCCCNC(=O)C1(C)COCC1N. The molecule has 1 saturated heterocycles. The minimum absolute atomic E-state index is 0.0157. The van der Waals surface area contributed by atoms with Crippen LogP contribution in [0.1, 0.15) is 26.7 Å². The van der Waals surface area contributed by atoms with E-state index in [1.807, 2.05) is 6.92 Å². The van der Waals surface area contributed by atoms with Crippen molar-refractivity contribution in [3.05, 3.63) is 0 Å². The zero-order valence-corrected chi connectivity index (χ0v) is 10.8. The first-order valence-corrected chi connectivity index (χ1v) is 6.30. The molecule has 1 aliphatic heterocycles. The maximum absolute atomic E-state index is 12.0. The molecule has 3 N–H and O–H groups in total. The molecule has 1 rings (SSSR count). The van der Waals surface area contributed by atoms with E-state index in [1.165, 1.54) is 0 Å². The zero-order chi connectivity index (χ0) is 12.7. The molecule has 1 heterocycles. The van der Waals surface area contributed by atoms with E-state index in [0.29, 0.717) is 26.4 Å². The van der Waals surface area contributed by atoms with Crippen molar-refractivity contribution in [2.24, 2.45) is 11.1 Å². The second-order valence-corrected chi connectivity index (χ2v) is 4.76. The molecule has 0 spiro atoms. The molecule has 1 amide bonds. The molecule has 0 aliphatic carbocycles. The third-order valence-electron chi connectivity index (χ3n) is 3.14. The van der Waals surface area contributed by atoms with Crippen LogP contribution in [0, 0.1) is 5.41 Å². The minimum atomic E-state index is -0.579. The van der Waals surface area contributed by atoms with Crippen LogP contribution in [0.25, 0.3) is 0 Å². The Morgan fingerprint density at radius 2 is 2.35 bits per heavy atom. The van der Waals surface area contributed by atoms with Crippen LogP contribution >= 0.6 is 0 Å². The number of rotatable bonds is 7. The molecule has 0 radical (unpaired) electrons. The maximum atomic E-state index is 12.0. The third-order valence-corrected chi connectivity index (χ3v) is 3.14. The predicted molar refractivity (Wildman–Crippen MR) is 65.6 cm³/mol. The van der Waals surface area contributed by atoms with Crippen LogP contribution in [0.3, 0.4) is 0 Å². The maximum Gasteiger partial charge on any atom is 0.229 e. The molecule has 0 aromatic heterocycles. The molecule has 0 aromatic carbocycles. The van der Waals surface area contributed by atoms with E-state index in [-0.39, 0.29) is 11.9 Å². The molecule has 2 unspecified atom stereocenters. The fraction of sp³-hybridized carbons (Fsp3) is 0.917. The Kier molecular flexibility index (Phi) is 5.88. The first-order chi connectivity index (χ1) is 8.11. The van der Waals surface area contributed by atoms with Crippen LogP contribution in [0.2, 0.25) is 0 Å². The molecular formula is C12H24N2O3. The predicted octanol–water partition coefficient (Wildman–Crippen LogP) is 0.283. The van der Waals surface area contributed by atoms with Gasteiger partial charge in [0.15, 0.2) is 0 Å². The summed E-state index contributed by atoms with van der Waals surface area (Å²) in [6.07, 6.45) is 1.86. The van der Waals surface area contributed by atoms with E-state index in [4.69, 9.17) is 15.2 Å². The Bertz CT molecular complexity index is 248. The Labute approximate surface area is 103 Å². The van der Waals surface area contributed by atoms with Gasteiger partial charge in [0.2, 0.25) is 5.91 Å². The minimum Gasteiger partial charge on any atom is -0.381 e.